The summed E-state index contributed by atoms with van der Waals surface area (Å²) in [6.45, 7) is 11.1. The number of hydrogen-bond donors (Lipinski definition) is 2. The van der Waals surface area contributed by atoms with Crippen LogP contribution in [0.4, 0.5) is 10.5 Å². The van der Waals surface area contributed by atoms with Crippen LogP contribution >= 0.6 is 0 Å². The minimum absolute atomic E-state index is 0.357. The molecule has 0 saturated carbocycles. The Morgan fingerprint density at radius 1 is 1.34 bits per heavy atom. The highest BCUT2D eigenvalue weighted by atomic mass is 16.6. The number of benzene rings is 1. The van der Waals surface area contributed by atoms with Crippen LogP contribution in [0.25, 0.3) is 0 Å². The Kier molecular flexibility index (Phi) is 7.64. The van der Waals surface area contributed by atoms with Crippen LogP contribution in [0.15, 0.2) is 18.2 Å². The van der Waals surface area contributed by atoms with Crippen molar-refractivity contribution in [1.82, 2.24) is 10.6 Å². The molecule has 1 fully saturated rings. The molecule has 1 amide bonds. The summed E-state index contributed by atoms with van der Waals surface area (Å²) in [4.78, 5) is 14.1. The zero-order chi connectivity index (χ0) is 20.7. The van der Waals surface area contributed by atoms with E-state index in [9.17, 15) is 4.79 Å². The van der Waals surface area contributed by atoms with Crippen LogP contribution in [0.2, 0.25) is 0 Å². The second kappa shape index (κ2) is 10.2. The number of nitrogens with zero attached hydrogens (tertiary/aromatic N) is 1. The fourth-order valence-electron chi connectivity index (χ4n) is 4.11. The molecule has 1 aromatic rings. The summed E-state index contributed by atoms with van der Waals surface area (Å²) in [7, 11) is 0. The number of ether oxygens (including phenoxy) is 2. The Morgan fingerprint density at radius 2 is 2.21 bits per heavy atom. The third-order valence-corrected chi connectivity index (χ3v) is 5.52. The second-order valence-corrected chi connectivity index (χ2v) is 9.16. The van der Waals surface area contributed by atoms with Gasteiger partial charge in [0, 0.05) is 25.3 Å². The number of hydrogen-bond acceptors (Lipinski definition) is 5. The molecule has 29 heavy (non-hydrogen) atoms. The molecule has 2 N–H and O–H groups in total. The van der Waals surface area contributed by atoms with Gasteiger partial charge in [0.25, 0.3) is 0 Å². The number of fused-ring (bicyclic) bond motifs is 1. The molecule has 6 heteroatoms. The van der Waals surface area contributed by atoms with Crippen LogP contribution in [0.1, 0.15) is 52.0 Å². The van der Waals surface area contributed by atoms with Crippen LogP contribution in [0, 0.1) is 5.92 Å². The van der Waals surface area contributed by atoms with Crippen LogP contribution in [-0.2, 0) is 11.2 Å². The van der Waals surface area contributed by atoms with E-state index in [2.05, 4.69) is 33.7 Å². The van der Waals surface area contributed by atoms with Crippen molar-refractivity contribution in [2.75, 3.05) is 44.2 Å². The van der Waals surface area contributed by atoms with Crippen molar-refractivity contribution in [3.63, 3.8) is 0 Å². The highest BCUT2D eigenvalue weighted by Crippen LogP contribution is 2.31. The van der Waals surface area contributed by atoms with Crippen molar-refractivity contribution in [3.05, 3.63) is 23.8 Å². The molecule has 0 radical (unpaired) electrons. The summed E-state index contributed by atoms with van der Waals surface area (Å²) >= 11 is 0. The van der Waals surface area contributed by atoms with Gasteiger partial charge in [-0.05, 0) is 95.6 Å². The molecule has 0 aliphatic carbocycles. The van der Waals surface area contributed by atoms with Crippen molar-refractivity contribution >= 4 is 11.8 Å². The molecular weight excluding hydrogens is 366 g/mol. The van der Waals surface area contributed by atoms with Crippen molar-refractivity contribution in [1.29, 1.82) is 0 Å². The number of alkyl carbamates (subject to hydrolysis) is 1. The van der Waals surface area contributed by atoms with E-state index in [1.807, 2.05) is 20.8 Å². The lowest BCUT2D eigenvalue weighted by Crippen LogP contribution is -2.37. The highest BCUT2D eigenvalue weighted by molar-refractivity contribution is 5.68. The van der Waals surface area contributed by atoms with Gasteiger partial charge in [-0.3, -0.25) is 0 Å². The minimum Gasteiger partial charge on any atom is -0.494 e. The quantitative estimate of drug-likeness (QED) is 0.648. The zero-order valence-electron chi connectivity index (χ0n) is 18.3. The molecule has 1 saturated heterocycles. The Morgan fingerprint density at radius 3 is 2.97 bits per heavy atom. The molecular formula is C23H37N3O3. The molecule has 6 nitrogen and oxygen atoms in total. The van der Waals surface area contributed by atoms with Gasteiger partial charge in [-0.15, -0.1) is 0 Å². The summed E-state index contributed by atoms with van der Waals surface area (Å²) in [6.07, 6.45) is 5.68. The maximum Gasteiger partial charge on any atom is 0.407 e. The van der Waals surface area contributed by atoms with Crippen molar-refractivity contribution in [3.8, 4) is 5.75 Å². The van der Waals surface area contributed by atoms with Gasteiger partial charge in [0.15, 0.2) is 0 Å². The van der Waals surface area contributed by atoms with E-state index in [1.54, 1.807) is 0 Å². The van der Waals surface area contributed by atoms with Gasteiger partial charge < -0.3 is 25.0 Å². The average Bonchev–Trinajstić information content (AvgIpc) is 3.07. The third-order valence-electron chi connectivity index (χ3n) is 5.52. The Bertz CT molecular complexity index is 666. The Labute approximate surface area is 175 Å². The number of rotatable bonds is 8. The van der Waals surface area contributed by atoms with Gasteiger partial charge in [-0.25, -0.2) is 4.79 Å². The molecule has 2 heterocycles. The Balaban J connectivity index is 1.38. The normalized spacial score (nSPS) is 19.0. The smallest absolute Gasteiger partial charge is 0.407 e. The molecule has 1 unspecified atom stereocenters. The molecule has 1 atom stereocenters. The number of piperidine rings is 1. The first-order valence-electron chi connectivity index (χ1n) is 11.1. The molecule has 0 spiro atoms. The minimum atomic E-state index is -0.464. The fraction of sp³-hybridized carbons (Fsp3) is 0.696. The topological polar surface area (TPSA) is 62.8 Å². The lowest BCUT2D eigenvalue weighted by molar-refractivity contribution is 0.0529. The van der Waals surface area contributed by atoms with Crippen molar-refractivity contribution < 1.29 is 14.3 Å². The van der Waals surface area contributed by atoms with Crippen molar-refractivity contribution in [2.45, 2.75) is 58.5 Å². The lowest BCUT2D eigenvalue weighted by Gasteiger charge is -2.22. The summed E-state index contributed by atoms with van der Waals surface area (Å²) in [6, 6.07) is 6.40. The predicted molar refractivity (Wildman–Crippen MR) is 117 cm³/mol. The van der Waals surface area contributed by atoms with E-state index < -0.39 is 5.60 Å². The molecule has 0 bridgehead atoms. The van der Waals surface area contributed by atoms with Crippen molar-refractivity contribution in [2.24, 2.45) is 5.92 Å². The average molecular weight is 404 g/mol. The molecule has 2 aliphatic rings. The van der Waals surface area contributed by atoms with E-state index in [1.165, 1.54) is 37.1 Å². The van der Waals surface area contributed by atoms with Gasteiger partial charge >= 0.3 is 6.09 Å². The second-order valence-electron chi connectivity index (χ2n) is 9.16. The lowest BCUT2D eigenvalue weighted by atomic mass is 9.95. The van der Waals surface area contributed by atoms with Gasteiger partial charge in [0.2, 0.25) is 0 Å². The molecule has 0 aromatic heterocycles. The predicted octanol–water partition coefficient (Wildman–Crippen LogP) is 3.73. The summed E-state index contributed by atoms with van der Waals surface area (Å²) in [5.74, 6) is 1.79. The summed E-state index contributed by atoms with van der Waals surface area (Å²) < 4.78 is 11.3. The van der Waals surface area contributed by atoms with E-state index >= 15 is 0 Å². The maximum absolute atomic E-state index is 11.8. The van der Waals surface area contributed by atoms with Gasteiger partial charge in [-0.1, -0.05) is 0 Å². The van der Waals surface area contributed by atoms with E-state index in [0.29, 0.717) is 6.54 Å². The standard InChI is InChI=1S/C23H37N3O3/c1-23(2,3)29-22(27)25-12-14-26-13-10-19-16-20(8-9-21(19)26)28-15-5-7-18-6-4-11-24-17-18/h8-9,16,18,24H,4-7,10-15,17H2,1-3H3,(H,25,27). The molecule has 3 rings (SSSR count). The number of anilines is 1. The summed E-state index contributed by atoms with van der Waals surface area (Å²) in [5, 5.41) is 6.32. The number of carbonyl (C=O) groups excluding carboxylic acids is 1. The van der Waals surface area contributed by atoms with E-state index in [-0.39, 0.29) is 6.09 Å². The first kappa shape index (κ1) is 21.8. The summed E-state index contributed by atoms with van der Waals surface area (Å²) in [5.41, 5.74) is 2.11. The number of nitrogens with one attached hydrogen (secondary N) is 2. The maximum atomic E-state index is 11.8. The molecule has 162 valence electrons. The molecule has 2 aliphatic heterocycles. The zero-order valence-corrected chi connectivity index (χ0v) is 18.3. The monoisotopic (exact) mass is 403 g/mol. The van der Waals surface area contributed by atoms with Crippen LogP contribution in [-0.4, -0.2) is 51.0 Å². The Hall–Kier alpha value is -1.95. The van der Waals surface area contributed by atoms with Crippen LogP contribution in [0.3, 0.4) is 0 Å². The first-order valence-corrected chi connectivity index (χ1v) is 11.1. The highest BCUT2D eigenvalue weighted by Gasteiger charge is 2.20. The fourth-order valence-corrected chi connectivity index (χ4v) is 4.11. The number of amides is 1. The van der Waals surface area contributed by atoms with Gasteiger partial charge in [0.05, 0.1) is 6.61 Å². The third kappa shape index (κ3) is 7.11. The van der Waals surface area contributed by atoms with E-state index in [4.69, 9.17) is 9.47 Å². The largest absolute Gasteiger partial charge is 0.494 e. The van der Waals surface area contributed by atoms with E-state index in [0.717, 1.165) is 50.8 Å². The van der Waals surface area contributed by atoms with Gasteiger partial charge in [-0.2, -0.15) is 0 Å². The first-order chi connectivity index (χ1) is 13.9. The van der Waals surface area contributed by atoms with Gasteiger partial charge in [0.1, 0.15) is 11.4 Å². The number of carbonyl (C=O) groups is 1. The molecule has 1 aromatic carbocycles. The van der Waals surface area contributed by atoms with Crippen LogP contribution in [0.5, 0.6) is 5.75 Å². The SMILES string of the molecule is CC(C)(C)OC(=O)NCCN1CCc2cc(OCCCC3CCCNC3)ccc21. The van der Waals surface area contributed by atoms with Crippen LogP contribution < -0.4 is 20.3 Å².